The molecule has 0 unspecified atom stereocenters. The molecule has 0 fully saturated rings. The average Bonchev–Trinajstić information content (AvgIpc) is 2.40. The SMILES string of the molecule is CCCS(=O)(=O)[C@@H](C)C(=O)N[C@H](C)Cc1ccc(Br)cc1. The number of benzene rings is 1. The number of sulfone groups is 1. The van der Waals surface area contributed by atoms with Gasteiger partial charge in [-0.15, -0.1) is 0 Å². The molecule has 0 saturated heterocycles. The molecule has 4 nitrogen and oxygen atoms in total. The number of halogens is 1. The molecule has 0 aliphatic rings. The Labute approximate surface area is 135 Å². The molecule has 1 N–H and O–H groups in total. The van der Waals surface area contributed by atoms with E-state index in [1.54, 1.807) is 6.92 Å². The van der Waals surface area contributed by atoms with E-state index < -0.39 is 21.0 Å². The van der Waals surface area contributed by atoms with Gasteiger partial charge in [-0.25, -0.2) is 8.42 Å². The van der Waals surface area contributed by atoms with Gasteiger partial charge in [0.1, 0.15) is 5.25 Å². The van der Waals surface area contributed by atoms with E-state index in [2.05, 4.69) is 21.2 Å². The smallest absolute Gasteiger partial charge is 0.238 e. The number of amides is 1. The largest absolute Gasteiger partial charge is 0.352 e. The normalized spacial score (nSPS) is 14.5. The van der Waals surface area contributed by atoms with Crippen LogP contribution in [0.1, 0.15) is 32.8 Å². The highest BCUT2D eigenvalue weighted by molar-refractivity contribution is 9.10. The lowest BCUT2D eigenvalue weighted by molar-refractivity contribution is -0.121. The molecular weight excluding hydrogens is 354 g/mol. The van der Waals surface area contributed by atoms with Crippen LogP contribution in [0.4, 0.5) is 0 Å². The molecule has 0 aliphatic carbocycles. The van der Waals surface area contributed by atoms with E-state index in [0.717, 1.165) is 10.0 Å². The molecule has 0 bridgehead atoms. The monoisotopic (exact) mass is 375 g/mol. The Hall–Kier alpha value is -0.880. The summed E-state index contributed by atoms with van der Waals surface area (Å²) in [5, 5.41) is 1.78. The first-order valence-electron chi connectivity index (χ1n) is 7.02. The lowest BCUT2D eigenvalue weighted by Crippen LogP contribution is -2.43. The van der Waals surface area contributed by atoms with Gasteiger partial charge in [0, 0.05) is 10.5 Å². The highest BCUT2D eigenvalue weighted by Crippen LogP contribution is 2.12. The van der Waals surface area contributed by atoms with Crippen molar-refractivity contribution in [1.29, 1.82) is 0 Å². The van der Waals surface area contributed by atoms with Gasteiger partial charge in [-0.2, -0.15) is 0 Å². The summed E-state index contributed by atoms with van der Waals surface area (Å²) >= 11 is 3.37. The maximum absolute atomic E-state index is 12.0. The average molecular weight is 376 g/mol. The summed E-state index contributed by atoms with van der Waals surface area (Å²) in [5.74, 6) is -0.379. The van der Waals surface area contributed by atoms with Crippen molar-refractivity contribution in [2.24, 2.45) is 0 Å². The maximum atomic E-state index is 12.0. The zero-order chi connectivity index (χ0) is 16.0. The van der Waals surface area contributed by atoms with E-state index in [4.69, 9.17) is 0 Å². The molecule has 21 heavy (non-hydrogen) atoms. The maximum Gasteiger partial charge on any atom is 0.238 e. The number of nitrogens with one attached hydrogen (secondary N) is 1. The van der Waals surface area contributed by atoms with Gasteiger partial charge < -0.3 is 5.32 Å². The predicted octanol–water partition coefficient (Wildman–Crippen LogP) is 2.71. The van der Waals surface area contributed by atoms with Crippen molar-refractivity contribution in [3.8, 4) is 0 Å². The molecule has 118 valence electrons. The molecule has 0 aromatic heterocycles. The van der Waals surface area contributed by atoms with E-state index >= 15 is 0 Å². The first-order chi connectivity index (χ1) is 9.76. The molecule has 0 spiro atoms. The van der Waals surface area contributed by atoms with Gasteiger partial charge in [0.2, 0.25) is 5.91 Å². The van der Waals surface area contributed by atoms with Gasteiger partial charge in [0.15, 0.2) is 9.84 Å². The predicted molar refractivity (Wildman–Crippen MR) is 89.0 cm³/mol. The summed E-state index contributed by atoms with van der Waals surface area (Å²) in [7, 11) is -3.35. The van der Waals surface area contributed by atoms with Crippen molar-refractivity contribution in [3.05, 3.63) is 34.3 Å². The molecule has 1 rings (SSSR count). The third-order valence-electron chi connectivity index (χ3n) is 3.24. The zero-order valence-corrected chi connectivity index (χ0v) is 15.0. The lowest BCUT2D eigenvalue weighted by Gasteiger charge is -2.18. The first kappa shape index (κ1) is 18.2. The number of rotatable bonds is 7. The summed E-state index contributed by atoms with van der Waals surface area (Å²) in [6.07, 6.45) is 1.19. The van der Waals surface area contributed by atoms with Crippen LogP contribution in [-0.2, 0) is 21.1 Å². The van der Waals surface area contributed by atoms with E-state index in [9.17, 15) is 13.2 Å². The second-order valence-corrected chi connectivity index (χ2v) is 8.61. The standard InChI is InChI=1S/C15H22BrNO3S/c1-4-9-21(19,20)12(3)15(18)17-11(2)10-13-5-7-14(16)8-6-13/h5-8,11-12H,4,9-10H2,1-3H3,(H,17,18)/t11-,12+/m1/s1. The van der Waals surface area contributed by atoms with Crippen LogP contribution in [0, 0.1) is 0 Å². The molecule has 1 amide bonds. The minimum absolute atomic E-state index is 0.0443. The minimum atomic E-state index is -3.35. The van der Waals surface area contributed by atoms with Gasteiger partial charge >= 0.3 is 0 Å². The van der Waals surface area contributed by atoms with Crippen molar-refractivity contribution < 1.29 is 13.2 Å². The number of carbonyl (C=O) groups is 1. The van der Waals surface area contributed by atoms with Crippen LogP contribution in [0.15, 0.2) is 28.7 Å². The highest BCUT2D eigenvalue weighted by atomic mass is 79.9. The Bertz CT molecular complexity index is 569. The molecule has 0 aliphatic heterocycles. The number of carbonyl (C=O) groups excluding carboxylic acids is 1. The third-order valence-corrected chi connectivity index (χ3v) is 6.04. The summed E-state index contributed by atoms with van der Waals surface area (Å²) in [6, 6.07) is 7.72. The molecule has 1 aromatic rings. The van der Waals surface area contributed by atoms with Crippen molar-refractivity contribution >= 4 is 31.7 Å². The van der Waals surface area contributed by atoms with E-state index in [0.29, 0.717) is 12.8 Å². The van der Waals surface area contributed by atoms with Gasteiger partial charge in [0.25, 0.3) is 0 Å². The van der Waals surface area contributed by atoms with Crippen molar-refractivity contribution in [1.82, 2.24) is 5.32 Å². The van der Waals surface area contributed by atoms with Gasteiger partial charge in [-0.3, -0.25) is 4.79 Å². The summed E-state index contributed by atoms with van der Waals surface area (Å²) in [4.78, 5) is 12.0. The second-order valence-electron chi connectivity index (χ2n) is 5.25. The Morgan fingerprint density at radius 2 is 1.81 bits per heavy atom. The van der Waals surface area contributed by atoms with Crippen molar-refractivity contribution in [2.75, 3.05) is 5.75 Å². The van der Waals surface area contributed by atoms with Gasteiger partial charge in [-0.1, -0.05) is 35.0 Å². The number of hydrogen-bond donors (Lipinski definition) is 1. The van der Waals surface area contributed by atoms with Crippen molar-refractivity contribution in [2.45, 2.75) is 44.9 Å². The molecule has 1 aromatic carbocycles. The fourth-order valence-corrected chi connectivity index (χ4v) is 3.59. The molecular formula is C15H22BrNO3S. The van der Waals surface area contributed by atoms with Crippen LogP contribution in [0.3, 0.4) is 0 Å². The molecule has 0 saturated carbocycles. The lowest BCUT2D eigenvalue weighted by atomic mass is 10.1. The fourth-order valence-electron chi connectivity index (χ4n) is 2.01. The quantitative estimate of drug-likeness (QED) is 0.796. The number of hydrogen-bond acceptors (Lipinski definition) is 3. The van der Waals surface area contributed by atoms with Crippen molar-refractivity contribution in [3.63, 3.8) is 0 Å². The Kier molecular flexibility index (Phi) is 6.87. The van der Waals surface area contributed by atoms with Gasteiger partial charge in [0.05, 0.1) is 5.75 Å². The zero-order valence-electron chi connectivity index (χ0n) is 12.6. The highest BCUT2D eigenvalue weighted by Gasteiger charge is 2.27. The third kappa shape index (κ3) is 5.79. The van der Waals surface area contributed by atoms with Gasteiger partial charge in [-0.05, 0) is 44.4 Å². The molecule has 0 heterocycles. The Morgan fingerprint density at radius 1 is 1.24 bits per heavy atom. The summed E-state index contributed by atoms with van der Waals surface area (Å²) in [6.45, 7) is 5.12. The van der Waals surface area contributed by atoms with Crippen LogP contribution < -0.4 is 5.32 Å². The van der Waals surface area contributed by atoms with E-state index in [-0.39, 0.29) is 11.8 Å². The fraction of sp³-hybridized carbons (Fsp3) is 0.533. The van der Waals surface area contributed by atoms with Crippen LogP contribution >= 0.6 is 15.9 Å². The minimum Gasteiger partial charge on any atom is -0.352 e. The van der Waals surface area contributed by atoms with E-state index in [1.807, 2.05) is 31.2 Å². The van der Waals surface area contributed by atoms with Crippen LogP contribution in [0.2, 0.25) is 0 Å². The molecule has 2 atom stereocenters. The van der Waals surface area contributed by atoms with Crippen LogP contribution in [0.25, 0.3) is 0 Å². The topological polar surface area (TPSA) is 63.2 Å². The Balaban J connectivity index is 2.59. The molecule has 6 heteroatoms. The molecule has 0 radical (unpaired) electrons. The first-order valence-corrected chi connectivity index (χ1v) is 9.53. The summed E-state index contributed by atoms with van der Waals surface area (Å²) < 4.78 is 24.8. The summed E-state index contributed by atoms with van der Waals surface area (Å²) in [5.41, 5.74) is 1.09. The van der Waals surface area contributed by atoms with Crippen LogP contribution in [0.5, 0.6) is 0 Å². The van der Waals surface area contributed by atoms with Crippen LogP contribution in [-0.4, -0.2) is 31.4 Å². The second kappa shape index (κ2) is 7.94. The van der Waals surface area contributed by atoms with E-state index in [1.165, 1.54) is 6.92 Å². The Morgan fingerprint density at radius 3 is 2.33 bits per heavy atom.